The van der Waals surface area contributed by atoms with Crippen LogP contribution in [0.4, 0.5) is 10.8 Å². The van der Waals surface area contributed by atoms with Crippen molar-refractivity contribution >= 4 is 34.0 Å². The fourth-order valence-electron chi connectivity index (χ4n) is 2.60. The van der Waals surface area contributed by atoms with Crippen molar-refractivity contribution < 1.29 is 9.59 Å². The van der Waals surface area contributed by atoms with Gasteiger partial charge >= 0.3 is 0 Å². The summed E-state index contributed by atoms with van der Waals surface area (Å²) in [5.74, 6) is -0.486. The summed E-state index contributed by atoms with van der Waals surface area (Å²) in [4.78, 5) is 31.4. The fraction of sp³-hybridized carbons (Fsp3) is 0.312. The van der Waals surface area contributed by atoms with Gasteiger partial charge < -0.3 is 10.2 Å². The molecule has 0 aliphatic carbocycles. The Morgan fingerprint density at radius 2 is 2.14 bits per heavy atom. The van der Waals surface area contributed by atoms with Crippen LogP contribution in [0.5, 0.6) is 0 Å². The van der Waals surface area contributed by atoms with E-state index in [1.807, 2.05) is 38.1 Å². The molecule has 114 valence electrons. The second kappa shape index (κ2) is 5.88. The van der Waals surface area contributed by atoms with E-state index in [1.54, 1.807) is 11.1 Å². The Hall–Kier alpha value is -2.21. The van der Waals surface area contributed by atoms with Crippen LogP contribution in [0.15, 0.2) is 30.5 Å². The molecule has 3 rings (SSSR count). The number of rotatable bonds is 3. The molecule has 2 heterocycles. The zero-order valence-electron chi connectivity index (χ0n) is 12.5. The molecule has 1 aromatic heterocycles. The highest BCUT2D eigenvalue weighted by Gasteiger charge is 2.35. The Balaban J connectivity index is 1.71. The summed E-state index contributed by atoms with van der Waals surface area (Å²) < 4.78 is 0. The normalized spacial score (nSPS) is 17.8. The first-order chi connectivity index (χ1) is 10.5. The molecule has 1 aliphatic rings. The van der Waals surface area contributed by atoms with Gasteiger partial charge in [-0.25, -0.2) is 4.98 Å². The minimum Gasteiger partial charge on any atom is -0.311 e. The quantitative estimate of drug-likeness (QED) is 0.947. The molecule has 1 aliphatic heterocycles. The second-order valence-electron chi connectivity index (χ2n) is 5.46. The average molecular weight is 315 g/mol. The van der Waals surface area contributed by atoms with Gasteiger partial charge in [-0.15, -0.1) is 11.3 Å². The molecule has 1 atom stereocenters. The largest absolute Gasteiger partial charge is 0.311 e. The van der Waals surface area contributed by atoms with Crippen LogP contribution in [0.3, 0.4) is 0 Å². The minimum atomic E-state index is -0.337. The maximum atomic E-state index is 12.3. The van der Waals surface area contributed by atoms with Gasteiger partial charge in [-0.1, -0.05) is 18.2 Å². The summed E-state index contributed by atoms with van der Waals surface area (Å²) in [6, 6.07) is 7.72. The summed E-state index contributed by atoms with van der Waals surface area (Å²) in [7, 11) is 0. The number of thiazole rings is 1. The molecular weight excluding hydrogens is 298 g/mol. The molecule has 1 aromatic carbocycles. The summed E-state index contributed by atoms with van der Waals surface area (Å²) in [5, 5.41) is 3.39. The van der Waals surface area contributed by atoms with Gasteiger partial charge in [-0.3, -0.25) is 9.59 Å². The summed E-state index contributed by atoms with van der Waals surface area (Å²) in [6.45, 7) is 4.32. The highest BCUT2D eigenvalue weighted by Crippen LogP contribution is 2.28. The highest BCUT2D eigenvalue weighted by atomic mass is 32.1. The predicted octanol–water partition coefficient (Wildman–Crippen LogP) is 2.75. The number of nitrogens with zero attached hydrogens (tertiary/aromatic N) is 2. The molecular formula is C16H17N3O2S. The molecule has 5 nitrogen and oxygen atoms in total. The van der Waals surface area contributed by atoms with E-state index in [4.69, 9.17) is 0 Å². The van der Waals surface area contributed by atoms with Gasteiger partial charge in [0.2, 0.25) is 11.8 Å². The van der Waals surface area contributed by atoms with Gasteiger partial charge in [-0.05, 0) is 25.5 Å². The Morgan fingerprint density at radius 3 is 2.82 bits per heavy atom. The molecule has 2 aromatic rings. The van der Waals surface area contributed by atoms with Crippen LogP contribution in [0, 0.1) is 19.8 Å². The Labute approximate surface area is 133 Å². The van der Waals surface area contributed by atoms with Crippen LogP contribution in [-0.2, 0) is 9.59 Å². The Morgan fingerprint density at radius 1 is 1.36 bits per heavy atom. The zero-order chi connectivity index (χ0) is 15.7. The third kappa shape index (κ3) is 2.87. The lowest BCUT2D eigenvalue weighted by atomic mass is 10.1. The zero-order valence-corrected chi connectivity index (χ0v) is 13.3. The van der Waals surface area contributed by atoms with Crippen LogP contribution in [0.25, 0.3) is 0 Å². The van der Waals surface area contributed by atoms with Crippen molar-refractivity contribution in [2.24, 2.45) is 5.92 Å². The van der Waals surface area contributed by atoms with Crippen molar-refractivity contribution in [3.8, 4) is 0 Å². The lowest BCUT2D eigenvalue weighted by molar-refractivity contribution is -0.122. The van der Waals surface area contributed by atoms with Crippen molar-refractivity contribution in [1.29, 1.82) is 0 Å². The first kappa shape index (κ1) is 14.7. The van der Waals surface area contributed by atoms with Crippen molar-refractivity contribution in [1.82, 2.24) is 4.98 Å². The maximum Gasteiger partial charge on any atom is 0.231 e. The number of carbonyl (C=O) groups excluding carboxylic acids is 2. The lowest BCUT2D eigenvalue weighted by Crippen LogP contribution is -2.28. The maximum absolute atomic E-state index is 12.3. The molecule has 0 bridgehead atoms. The molecule has 1 fully saturated rings. The van der Waals surface area contributed by atoms with E-state index in [9.17, 15) is 9.59 Å². The molecule has 0 unspecified atom stereocenters. The number of aromatic nitrogens is 1. The molecule has 1 saturated heterocycles. The van der Waals surface area contributed by atoms with Crippen LogP contribution in [0.2, 0.25) is 0 Å². The smallest absolute Gasteiger partial charge is 0.231 e. The number of anilines is 2. The topological polar surface area (TPSA) is 62.3 Å². The Kier molecular flexibility index (Phi) is 3.94. The van der Waals surface area contributed by atoms with Crippen LogP contribution in [0.1, 0.15) is 16.9 Å². The van der Waals surface area contributed by atoms with E-state index in [0.717, 1.165) is 16.1 Å². The number of hydrogen-bond acceptors (Lipinski definition) is 4. The molecule has 0 radical (unpaired) electrons. The average Bonchev–Trinajstić information content (AvgIpc) is 3.06. The second-order valence-corrected chi connectivity index (χ2v) is 6.69. The standard InChI is InChI=1S/C16H17N3O2S/c1-10-5-3-4-6-13(10)19-9-12(7-14(19)20)15(21)18-16-17-8-11(2)22-16/h3-6,8,12H,7,9H2,1-2H3,(H,17,18,21)/t12-/m0/s1. The van der Waals surface area contributed by atoms with E-state index in [-0.39, 0.29) is 24.2 Å². The highest BCUT2D eigenvalue weighted by molar-refractivity contribution is 7.15. The number of para-hydroxylation sites is 1. The van der Waals surface area contributed by atoms with E-state index in [0.29, 0.717) is 11.7 Å². The van der Waals surface area contributed by atoms with Crippen molar-refractivity contribution in [3.05, 3.63) is 40.9 Å². The first-order valence-electron chi connectivity index (χ1n) is 7.14. The van der Waals surface area contributed by atoms with Gasteiger partial charge in [-0.2, -0.15) is 0 Å². The van der Waals surface area contributed by atoms with Gasteiger partial charge in [0.1, 0.15) is 0 Å². The summed E-state index contributed by atoms with van der Waals surface area (Å²) in [5.41, 5.74) is 1.92. The number of nitrogens with one attached hydrogen (secondary N) is 1. The molecule has 6 heteroatoms. The van der Waals surface area contributed by atoms with E-state index in [1.165, 1.54) is 11.3 Å². The van der Waals surface area contributed by atoms with E-state index >= 15 is 0 Å². The Bertz CT molecular complexity index is 726. The summed E-state index contributed by atoms with van der Waals surface area (Å²) in [6.07, 6.45) is 1.96. The molecule has 0 saturated carbocycles. The number of amides is 2. The number of hydrogen-bond donors (Lipinski definition) is 1. The third-order valence-corrected chi connectivity index (χ3v) is 4.58. The van der Waals surface area contributed by atoms with Crippen molar-refractivity contribution in [2.75, 3.05) is 16.8 Å². The lowest BCUT2D eigenvalue weighted by Gasteiger charge is -2.18. The predicted molar refractivity (Wildman–Crippen MR) is 87.1 cm³/mol. The van der Waals surface area contributed by atoms with Crippen LogP contribution >= 0.6 is 11.3 Å². The number of carbonyl (C=O) groups is 2. The number of aryl methyl sites for hydroxylation is 2. The molecule has 2 amide bonds. The van der Waals surface area contributed by atoms with Crippen LogP contribution < -0.4 is 10.2 Å². The van der Waals surface area contributed by atoms with Crippen molar-refractivity contribution in [2.45, 2.75) is 20.3 Å². The molecule has 0 spiro atoms. The van der Waals surface area contributed by atoms with Gasteiger partial charge in [0.15, 0.2) is 5.13 Å². The SMILES string of the molecule is Cc1cnc(NC(=O)[C@H]2CC(=O)N(c3ccccc3C)C2)s1. The van der Waals surface area contributed by atoms with Crippen molar-refractivity contribution in [3.63, 3.8) is 0 Å². The minimum absolute atomic E-state index is 0.00947. The third-order valence-electron chi connectivity index (χ3n) is 3.75. The monoisotopic (exact) mass is 315 g/mol. The summed E-state index contributed by atoms with van der Waals surface area (Å²) >= 11 is 1.43. The number of benzene rings is 1. The van der Waals surface area contributed by atoms with Gasteiger partial charge in [0.25, 0.3) is 0 Å². The fourth-order valence-corrected chi connectivity index (χ4v) is 3.27. The molecule has 22 heavy (non-hydrogen) atoms. The van der Waals surface area contributed by atoms with E-state index in [2.05, 4.69) is 10.3 Å². The van der Waals surface area contributed by atoms with Gasteiger partial charge in [0.05, 0.1) is 5.92 Å². The van der Waals surface area contributed by atoms with E-state index < -0.39 is 0 Å². The molecule has 1 N–H and O–H groups in total. The van der Waals surface area contributed by atoms with Crippen LogP contribution in [-0.4, -0.2) is 23.3 Å². The van der Waals surface area contributed by atoms with Gasteiger partial charge in [0, 0.05) is 29.7 Å². The first-order valence-corrected chi connectivity index (χ1v) is 7.95.